The summed E-state index contributed by atoms with van der Waals surface area (Å²) in [6.45, 7) is 2.02. The SMILES string of the molecule is O=C(CCOc1ccc(Cl)c(Cl)c1)N1CCC(CCO)C1. The first-order valence-corrected chi connectivity index (χ1v) is 7.82. The van der Waals surface area contributed by atoms with Crippen LogP contribution in [0.1, 0.15) is 19.3 Å². The molecule has 0 radical (unpaired) electrons. The molecule has 1 amide bonds. The lowest BCUT2D eigenvalue weighted by Crippen LogP contribution is -2.29. The molecule has 116 valence electrons. The van der Waals surface area contributed by atoms with Crippen LogP contribution in [0.3, 0.4) is 0 Å². The van der Waals surface area contributed by atoms with E-state index in [2.05, 4.69) is 0 Å². The highest BCUT2D eigenvalue weighted by Gasteiger charge is 2.25. The summed E-state index contributed by atoms with van der Waals surface area (Å²) >= 11 is 11.7. The Kier molecular flexibility index (Phi) is 6.15. The predicted molar refractivity (Wildman–Crippen MR) is 83.0 cm³/mol. The third kappa shape index (κ3) is 4.77. The van der Waals surface area contributed by atoms with Crippen molar-refractivity contribution in [3.05, 3.63) is 28.2 Å². The normalized spacial score (nSPS) is 18.0. The second-order valence-electron chi connectivity index (χ2n) is 5.18. The summed E-state index contributed by atoms with van der Waals surface area (Å²) in [5.74, 6) is 1.13. The van der Waals surface area contributed by atoms with Gasteiger partial charge in [-0.15, -0.1) is 0 Å². The minimum atomic E-state index is 0.0931. The van der Waals surface area contributed by atoms with E-state index in [1.165, 1.54) is 0 Å². The van der Waals surface area contributed by atoms with Crippen LogP contribution in [0.25, 0.3) is 0 Å². The monoisotopic (exact) mass is 331 g/mol. The van der Waals surface area contributed by atoms with Gasteiger partial charge in [0.05, 0.1) is 23.1 Å². The minimum absolute atomic E-state index is 0.0931. The van der Waals surface area contributed by atoms with Gasteiger partial charge in [-0.05, 0) is 30.9 Å². The molecule has 0 saturated carbocycles. The predicted octanol–water partition coefficient (Wildman–Crippen LogP) is 2.99. The van der Waals surface area contributed by atoms with Gasteiger partial charge < -0.3 is 14.7 Å². The zero-order valence-electron chi connectivity index (χ0n) is 11.7. The Morgan fingerprint density at radius 2 is 2.19 bits per heavy atom. The van der Waals surface area contributed by atoms with Crippen molar-refractivity contribution in [1.29, 1.82) is 0 Å². The molecule has 1 aliphatic heterocycles. The highest BCUT2D eigenvalue weighted by molar-refractivity contribution is 6.42. The maximum atomic E-state index is 12.0. The molecule has 1 atom stereocenters. The number of benzene rings is 1. The molecule has 0 bridgehead atoms. The van der Waals surface area contributed by atoms with E-state index >= 15 is 0 Å². The molecule has 1 unspecified atom stereocenters. The smallest absolute Gasteiger partial charge is 0.226 e. The Balaban J connectivity index is 1.73. The van der Waals surface area contributed by atoms with E-state index in [4.69, 9.17) is 33.0 Å². The van der Waals surface area contributed by atoms with Crippen LogP contribution in [-0.4, -0.2) is 42.2 Å². The number of halogens is 2. The standard InChI is InChI=1S/C15H19Cl2NO3/c16-13-2-1-12(9-14(13)17)21-8-5-15(20)18-6-3-11(10-18)4-7-19/h1-2,9,11,19H,3-8,10H2. The fourth-order valence-corrected chi connectivity index (χ4v) is 2.75. The average Bonchev–Trinajstić information content (AvgIpc) is 2.92. The van der Waals surface area contributed by atoms with E-state index in [-0.39, 0.29) is 12.5 Å². The molecule has 1 fully saturated rings. The van der Waals surface area contributed by atoms with Crippen molar-refractivity contribution in [2.24, 2.45) is 5.92 Å². The van der Waals surface area contributed by atoms with E-state index in [9.17, 15) is 4.79 Å². The summed E-state index contributed by atoms with van der Waals surface area (Å²) in [7, 11) is 0. The van der Waals surface area contributed by atoms with Crippen LogP contribution in [0.4, 0.5) is 0 Å². The first kappa shape index (κ1) is 16.4. The molecule has 1 aromatic rings. The molecule has 1 aromatic carbocycles. The van der Waals surface area contributed by atoms with Gasteiger partial charge in [-0.2, -0.15) is 0 Å². The zero-order chi connectivity index (χ0) is 15.2. The zero-order valence-corrected chi connectivity index (χ0v) is 13.2. The van der Waals surface area contributed by atoms with E-state index < -0.39 is 0 Å². The Morgan fingerprint density at radius 1 is 1.38 bits per heavy atom. The van der Waals surface area contributed by atoms with Crippen molar-refractivity contribution in [2.75, 3.05) is 26.3 Å². The van der Waals surface area contributed by atoms with Gasteiger partial charge in [0, 0.05) is 25.8 Å². The molecule has 21 heavy (non-hydrogen) atoms. The third-order valence-corrected chi connectivity index (χ3v) is 4.39. The minimum Gasteiger partial charge on any atom is -0.493 e. The second-order valence-corrected chi connectivity index (χ2v) is 6.00. The topological polar surface area (TPSA) is 49.8 Å². The lowest BCUT2D eigenvalue weighted by atomic mass is 10.1. The molecule has 1 saturated heterocycles. The van der Waals surface area contributed by atoms with Crippen LogP contribution in [-0.2, 0) is 4.79 Å². The number of carbonyl (C=O) groups is 1. The number of amides is 1. The fourth-order valence-electron chi connectivity index (χ4n) is 2.46. The fraction of sp³-hybridized carbons (Fsp3) is 0.533. The Morgan fingerprint density at radius 3 is 2.90 bits per heavy atom. The first-order chi connectivity index (χ1) is 10.1. The number of likely N-dealkylation sites (tertiary alicyclic amines) is 1. The van der Waals surface area contributed by atoms with Gasteiger partial charge >= 0.3 is 0 Å². The number of rotatable bonds is 6. The van der Waals surface area contributed by atoms with Crippen LogP contribution < -0.4 is 4.74 Å². The van der Waals surface area contributed by atoms with Gasteiger partial charge in [-0.1, -0.05) is 23.2 Å². The molecule has 1 heterocycles. The Hall–Kier alpha value is -0.970. The quantitative estimate of drug-likeness (QED) is 0.871. The number of aliphatic hydroxyl groups excluding tert-OH is 1. The summed E-state index contributed by atoms with van der Waals surface area (Å²) in [4.78, 5) is 13.9. The van der Waals surface area contributed by atoms with Crippen LogP contribution in [0, 0.1) is 5.92 Å². The van der Waals surface area contributed by atoms with Crippen molar-refractivity contribution in [1.82, 2.24) is 4.90 Å². The second kappa shape index (κ2) is 7.87. The number of hydrogen-bond acceptors (Lipinski definition) is 3. The third-order valence-electron chi connectivity index (χ3n) is 3.65. The number of hydrogen-bond donors (Lipinski definition) is 1. The van der Waals surface area contributed by atoms with Crippen molar-refractivity contribution < 1.29 is 14.6 Å². The van der Waals surface area contributed by atoms with E-state index in [0.717, 1.165) is 25.9 Å². The van der Waals surface area contributed by atoms with Gasteiger partial charge in [-0.25, -0.2) is 0 Å². The molecule has 6 heteroatoms. The van der Waals surface area contributed by atoms with E-state index in [0.29, 0.717) is 34.7 Å². The van der Waals surface area contributed by atoms with Crippen molar-refractivity contribution in [3.8, 4) is 5.75 Å². The van der Waals surface area contributed by atoms with E-state index in [1.54, 1.807) is 18.2 Å². The molecule has 0 spiro atoms. The Bertz CT molecular complexity index is 496. The summed E-state index contributed by atoms with van der Waals surface area (Å²) in [5.41, 5.74) is 0. The number of ether oxygens (including phenoxy) is 1. The van der Waals surface area contributed by atoms with Gasteiger partial charge in [0.2, 0.25) is 5.91 Å². The van der Waals surface area contributed by atoms with Gasteiger partial charge in [0.1, 0.15) is 5.75 Å². The summed E-state index contributed by atoms with van der Waals surface area (Å²) in [6, 6.07) is 5.04. The van der Waals surface area contributed by atoms with Crippen molar-refractivity contribution >= 4 is 29.1 Å². The largest absolute Gasteiger partial charge is 0.493 e. The average molecular weight is 332 g/mol. The molecule has 0 aliphatic carbocycles. The molecule has 4 nitrogen and oxygen atoms in total. The van der Waals surface area contributed by atoms with Crippen LogP contribution >= 0.6 is 23.2 Å². The molecular formula is C15H19Cl2NO3. The lowest BCUT2D eigenvalue weighted by molar-refractivity contribution is -0.130. The first-order valence-electron chi connectivity index (χ1n) is 7.06. The van der Waals surface area contributed by atoms with Gasteiger partial charge in [-0.3, -0.25) is 4.79 Å². The molecule has 2 rings (SSSR count). The van der Waals surface area contributed by atoms with Crippen LogP contribution in [0.5, 0.6) is 5.75 Å². The Labute approximate surface area is 134 Å². The van der Waals surface area contributed by atoms with Gasteiger partial charge in [0.25, 0.3) is 0 Å². The molecular weight excluding hydrogens is 313 g/mol. The molecule has 1 aliphatic rings. The highest BCUT2D eigenvalue weighted by Crippen LogP contribution is 2.26. The summed E-state index contributed by atoms with van der Waals surface area (Å²) < 4.78 is 5.52. The van der Waals surface area contributed by atoms with Crippen LogP contribution in [0.15, 0.2) is 18.2 Å². The maximum Gasteiger partial charge on any atom is 0.226 e. The van der Waals surface area contributed by atoms with Crippen molar-refractivity contribution in [2.45, 2.75) is 19.3 Å². The molecule has 1 N–H and O–H groups in total. The summed E-state index contributed by atoms with van der Waals surface area (Å²) in [5, 5.41) is 9.83. The van der Waals surface area contributed by atoms with Crippen LogP contribution in [0.2, 0.25) is 10.0 Å². The van der Waals surface area contributed by atoms with Gasteiger partial charge in [0.15, 0.2) is 0 Å². The lowest BCUT2D eigenvalue weighted by Gasteiger charge is -2.16. The summed E-state index contributed by atoms with van der Waals surface area (Å²) in [6.07, 6.45) is 2.08. The maximum absolute atomic E-state index is 12.0. The number of nitrogens with zero attached hydrogens (tertiary/aromatic N) is 1. The van der Waals surface area contributed by atoms with E-state index in [1.807, 2.05) is 4.90 Å². The number of carbonyl (C=O) groups excluding carboxylic acids is 1. The highest BCUT2D eigenvalue weighted by atomic mass is 35.5. The number of aliphatic hydroxyl groups is 1. The molecule has 0 aromatic heterocycles. The van der Waals surface area contributed by atoms with Crippen molar-refractivity contribution in [3.63, 3.8) is 0 Å².